The fourth-order valence-corrected chi connectivity index (χ4v) is 3.37. The predicted octanol–water partition coefficient (Wildman–Crippen LogP) is 4.10. The van der Waals surface area contributed by atoms with Gasteiger partial charge in [0.1, 0.15) is 5.75 Å². The first-order valence-electron chi connectivity index (χ1n) is 10.4. The first-order valence-corrected chi connectivity index (χ1v) is 10.4. The Balaban J connectivity index is 1.39. The van der Waals surface area contributed by atoms with Crippen LogP contribution in [0, 0.1) is 0 Å². The van der Waals surface area contributed by atoms with E-state index in [0.717, 1.165) is 5.56 Å². The lowest BCUT2D eigenvalue weighted by molar-refractivity contribution is -0.133. The normalized spacial score (nSPS) is 11.7. The summed E-state index contributed by atoms with van der Waals surface area (Å²) < 4.78 is 16.5. The van der Waals surface area contributed by atoms with Crippen molar-refractivity contribution >= 4 is 17.5 Å². The first kappa shape index (κ1) is 21.2. The molecular weight excluding hydrogens is 408 g/mol. The van der Waals surface area contributed by atoms with Crippen molar-refractivity contribution in [2.24, 2.45) is 0 Å². The highest BCUT2D eigenvalue weighted by atomic mass is 16.7. The summed E-state index contributed by atoms with van der Waals surface area (Å²) in [5.74, 6) is 1.27. The van der Waals surface area contributed by atoms with Crippen LogP contribution < -0.4 is 19.5 Å². The van der Waals surface area contributed by atoms with Crippen molar-refractivity contribution in [3.8, 4) is 17.2 Å². The van der Waals surface area contributed by atoms with Crippen LogP contribution >= 0.6 is 0 Å². The van der Waals surface area contributed by atoms with Gasteiger partial charge in [0.2, 0.25) is 6.79 Å². The van der Waals surface area contributed by atoms with Crippen LogP contribution in [0.25, 0.3) is 0 Å². The molecule has 2 amide bonds. The van der Waals surface area contributed by atoms with E-state index < -0.39 is 0 Å². The molecule has 1 aliphatic rings. The topological polar surface area (TPSA) is 77.1 Å². The van der Waals surface area contributed by atoms with Crippen molar-refractivity contribution in [1.82, 2.24) is 4.90 Å². The minimum absolute atomic E-state index is 0.173. The first-order chi connectivity index (χ1) is 15.6. The van der Waals surface area contributed by atoms with Gasteiger partial charge in [0.05, 0.1) is 5.56 Å². The highest BCUT2D eigenvalue weighted by Crippen LogP contribution is 2.32. The SMILES string of the molecule is CCN(Cc1ccc2c(c1)OCO2)C(=O)COc1ccccc1C(=O)Nc1ccccc1. The van der Waals surface area contributed by atoms with Gasteiger partial charge in [0.15, 0.2) is 18.1 Å². The maximum atomic E-state index is 12.8. The minimum Gasteiger partial charge on any atom is -0.483 e. The van der Waals surface area contributed by atoms with Crippen molar-refractivity contribution in [2.45, 2.75) is 13.5 Å². The number of hydrogen-bond acceptors (Lipinski definition) is 5. The Morgan fingerprint density at radius 1 is 0.969 bits per heavy atom. The lowest BCUT2D eigenvalue weighted by Crippen LogP contribution is -2.34. The molecule has 0 aliphatic carbocycles. The summed E-state index contributed by atoms with van der Waals surface area (Å²) in [7, 11) is 0. The van der Waals surface area contributed by atoms with Gasteiger partial charge >= 0.3 is 0 Å². The molecule has 32 heavy (non-hydrogen) atoms. The Hall–Kier alpha value is -4.00. The van der Waals surface area contributed by atoms with Gasteiger partial charge in [-0.3, -0.25) is 9.59 Å². The number of nitrogens with one attached hydrogen (secondary N) is 1. The van der Waals surface area contributed by atoms with E-state index in [2.05, 4.69) is 5.32 Å². The molecule has 7 heteroatoms. The molecule has 3 aromatic rings. The van der Waals surface area contributed by atoms with Crippen molar-refractivity contribution < 1.29 is 23.8 Å². The Labute approximate surface area is 186 Å². The van der Waals surface area contributed by atoms with Gasteiger partial charge < -0.3 is 24.4 Å². The lowest BCUT2D eigenvalue weighted by Gasteiger charge is -2.21. The molecule has 0 saturated carbocycles. The van der Waals surface area contributed by atoms with Crippen LogP contribution in [0.2, 0.25) is 0 Å². The third kappa shape index (κ3) is 5.00. The van der Waals surface area contributed by atoms with Gasteiger partial charge in [0, 0.05) is 18.8 Å². The number of amides is 2. The molecule has 0 spiro atoms. The van der Waals surface area contributed by atoms with Gasteiger partial charge in [-0.25, -0.2) is 0 Å². The summed E-state index contributed by atoms with van der Waals surface area (Å²) in [6.07, 6.45) is 0. The van der Waals surface area contributed by atoms with E-state index in [9.17, 15) is 9.59 Å². The van der Waals surface area contributed by atoms with E-state index >= 15 is 0 Å². The highest BCUT2D eigenvalue weighted by molar-refractivity contribution is 6.06. The predicted molar refractivity (Wildman–Crippen MR) is 120 cm³/mol. The summed E-state index contributed by atoms with van der Waals surface area (Å²) in [5.41, 5.74) is 1.99. The van der Waals surface area contributed by atoms with Crippen LogP contribution in [0.3, 0.4) is 0 Å². The number of fused-ring (bicyclic) bond motifs is 1. The maximum Gasteiger partial charge on any atom is 0.260 e. The molecule has 7 nitrogen and oxygen atoms in total. The molecule has 0 bridgehead atoms. The van der Waals surface area contributed by atoms with Crippen molar-refractivity contribution in [3.63, 3.8) is 0 Å². The average molecular weight is 432 g/mol. The minimum atomic E-state index is -0.299. The Morgan fingerprint density at radius 2 is 1.72 bits per heavy atom. The molecule has 3 aromatic carbocycles. The summed E-state index contributed by atoms with van der Waals surface area (Å²) in [6, 6.07) is 21.7. The zero-order chi connectivity index (χ0) is 22.3. The third-order valence-corrected chi connectivity index (χ3v) is 5.06. The second kappa shape index (κ2) is 9.87. The lowest BCUT2D eigenvalue weighted by atomic mass is 10.1. The number of benzene rings is 3. The van der Waals surface area contributed by atoms with Crippen molar-refractivity contribution in [1.29, 1.82) is 0 Å². The molecule has 1 aliphatic heterocycles. The van der Waals surface area contributed by atoms with Crippen LogP contribution in [0.5, 0.6) is 17.2 Å². The molecule has 0 saturated heterocycles. The molecule has 0 atom stereocenters. The molecule has 0 aromatic heterocycles. The van der Waals surface area contributed by atoms with Gasteiger partial charge in [-0.2, -0.15) is 0 Å². The van der Waals surface area contributed by atoms with Gasteiger partial charge in [0.25, 0.3) is 11.8 Å². The number of nitrogens with zero attached hydrogens (tertiary/aromatic N) is 1. The second-order valence-corrected chi connectivity index (χ2v) is 7.20. The zero-order valence-corrected chi connectivity index (χ0v) is 17.7. The number of rotatable bonds is 8. The van der Waals surface area contributed by atoms with E-state index in [-0.39, 0.29) is 25.2 Å². The van der Waals surface area contributed by atoms with E-state index in [1.165, 1.54) is 0 Å². The standard InChI is InChI=1S/C25H24N2O5/c1-2-27(15-18-12-13-22-23(14-18)32-17-31-22)24(28)16-30-21-11-7-6-10-20(21)25(29)26-19-8-4-3-5-9-19/h3-14H,2,15-17H2,1H3,(H,26,29). The van der Waals surface area contributed by atoms with Crippen LogP contribution in [-0.2, 0) is 11.3 Å². The fraction of sp³-hybridized carbons (Fsp3) is 0.200. The van der Waals surface area contributed by atoms with Crippen LogP contribution in [0.1, 0.15) is 22.8 Å². The van der Waals surface area contributed by atoms with Crippen LogP contribution in [-0.4, -0.2) is 36.7 Å². The van der Waals surface area contributed by atoms with Gasteiger partial charge in [-0.05, 0) is 48.9 Å². The monoisotopic (exact) mass is 432 g/mol. The third-order valence-electron chi connectivity index (χ3n) is 5.06. The summed E-state index contributed by atoms with van der Waals surface area (Å²) >= 11 is 0. The second-order valence-electron chi connectivity index (χ2n) is 7.20. The summed E-state index contributed by atoms with van der Waals surface area (Å²) in [4.78, 5) is 27.2. The number of hydrogen-bond donors (Lipinski definition) is 1. The molecule has 0 fully saturated rings. The number of para-hydroxylation sites is 2. The molecular formula is C25H24N2O5. The van der Waals surface area contributed by atoms with E-state index in [0.29, 0.717) is 41.6 Å². The molecule has 1 heterocycles. The molecule has 164 valence electrons. The maximum absolute atomic E-state index is 12.8. The molecule has 0 unspecified atom stereocenters. The highest BCUT2D eigenvalue weighted by Gasteiger charge is 2.18. The smallest absolute Gasteiger partial charge is 0.260 e. The number of ether oxygens (including phenoxy) is 3. The average Bonchev–Trinajstić information content (AvgIpc) is 3.29. The van der Waals surface area contributed by atoms with Crippen LogP contribution in [0.15, 0.2) is 72.8 Å². The van der Waals surface area contributed by atoms with E-state index in [1.54, 1.807) is 41.3 Å². The van der Waals surface area contributed by atoms with Crippen molar-refractivity contribution in [3.05, 3.63) is 83.9 Å². The Bertz CT molecular complexity index is 1100. The largest absolute Gasteiger partial charge is 0.483 e. The Morgan fingerprint density at radius 3 is 2.53 bits per heavy atom. The van der Waals surface area contributed by atoms with Crippen LogP contribution in [0.4, 0.5) is 5.69 Å². The molecule has 0 radical (unpaired) electrons. The van der Waals surface area contributed by atoms with E-state index in [4.69, 9.17) is 14.2 Å². The summed E-state index contributed by atoms with van der Waals surface area (Å²) in [6.45, 7) is 2.89. The van der Waals surface area contributed by atoms with Crippen molar-refractivity contribution in [2.75, 3.05) is 25.3 Å². The molecule has 1 N–H and O–H groups in total. The fourth-order valence-electron chi connectivity index (χ4n) is 3.37. The van der Waals surface area contributed by atoms with Gasteiger partial charge in [-0.1, -0.05) is 36.4 Å². The molecule has 4 rings (SSSR count). The zero-order valence-electron chi connectivity index (χ0n) is 17.7. The summed E-state index contributed by atoms with van der Waals surface area (Å²) in [5, 5.41) is 2.84. The number of carbonyl (C=O) groups excluding carboxylic acids is 2. The number of anilines is 1. The Kier molecular flexibility index (Phi) is 6.55. The van der Waals surface area contributed by atoms with Gasteiger partial charge in [-0.15, -0.1) is 0 Å². The van der Waals surface area contributed by atoms with E-state index in [1.807, 2.05) is 43.3 Å². The quantitative estimate of drug-likeness (QED) is 0.580. The number of carbonyl (C=O) groups is 2. The number of likely N-dealkylation sites (N-methyl/N-ethyl adjacent to an activating group) is 1.